The van der Waals surface area contributed by atoms with Crippen molar-refractivity contribution in [1.29, 1.82) is 0 Å². The zero-order valence-electron chi connectivity index (χ0n) is 11.5. The lowest BCUT2D eigenvalue weighted by Crippen LogP contribution is -2.35. The zero-order valence-corrected chi connectivity index (χ0v) is 12.3. The molecule has 0 saturated carbocycles. The number of ether oxygens (including phenoxy) is 2. The molecule has 0 bridgehead atoms. The van der Waals surface area contributed by atoms with E-state index < -0.39 is 10.0 Å². The molecule has 0 spiro atoms. The minimum absolute atomic E-state index is 0.159. The maximum absolute atomic E-state index is 12.3. The van der Waals surface area contributed by atoms with Gasteiger partial charge in [0.2, 0.25) is 10.0 Å². The van der Waals surface area contributed by atoms with Crippen LogP contribution in [-0.2, 0) is 21.3 Å². The summed E-state index contributed by atoms with van der Waals surface area (Å²) in [5.74, 6) is 0.623. The van der Waals surface area contributed by atoms with Crippen LogP contribution in [0.1, 0.15) is 18.9 Å². The van der Waals surface area contributed by atoms with Crippen molar-refractivity contribution < 1.29 is 17.9 Å². The number of nitrogens with one attached hydrogen (secondary N) is 1. The van der Waals surface area contributed by atoms with Crippen molar-refractivity contribution in [2.75, 3.05) is 19.8 Å². The van der Waals surface area contributed by atoms with Crippen molar-refractivity contribution in [2.24, 2.45) is 5.73 Å². The lowest BCUT2D eigenvalue weighted by atomic mass is 10.2. The Morgan fingerprint density at radius 2 is 2.30 bits per heavy atom. The maximum Gasteiger partial charge on any atom is 0.240 e. The summed E-state index contributed by atoms with van der Waals surface area (Å²) in [7, 11) is -3.55. The van der Waals surface area contributed by atoms with Crippen LogP contribution in [0, 0.1) is 0 Å². The van der Waals surface area contributed by atoms with Crippen molar-refractivity contribution in [3.05, 3.63) is 23.8 Å². The SMILES string of the molecule is CCOc1ccc(S(=O)(=O)NC2CCOC2)cc1CN. The first-order chi connectivity index (χ1) is 9.56. The van der Waals surface area contributed by atoms with E-state index in [0.717, 1.165) is 0 Å². The van der Waals surface area contributed by atoms with Crippen molar-refractivity contribution in [2.45, 2.75) is 30.8 Å². The van der Waals surface area contributed by atoms with E-state index in [4.69, 9.17) is 15.2 Å². The highest BCUT2D eigenvalue weighted by atomic mass is 32.2. The molecule has 1 saturated heterocycles. The molecule has 6 nitrogen and oxygen atoms in total. The molecule has 1 heterocycles. The highest BCUT2D eigenvalue weighted by Gasteiger charge is 2.24. The summed E-state index contributed by atoms with van der Waals surface area (Å²) in [5, 5.41) is 0. The zero-order chi connectivity index (χ0) is 14.6. The summed E-state index contributed by atoms with van der Waals surface area (Å²) >= 11 is 0. The quantitative estimate of drug-likeness (QED) is 0.803. The van der Waals surface area contributed by atoms with Gasteiger partial charge in [-0.25, -0.2) is 13.1 Å². The summed E-state index contributed by atoms with van der Waals surface area (Å²) in [4.78, 5) is 0.202. The molecule has 0 aromatic heterocycles. The fourth-order valence-electron chi connectivity index (χ4n) is 2.09. The highest BCUT2D eigenvalue weighted by molar-refractivity contribution is 7.89. The lowest BCUT2D eigenvalue weighted by Gasteiger charge is -2.14. The third kappa shape index (κ3) is 3.49. The summed E-state index contributed by atoms with van der Waals surface area (Å²) in [6.45, 7) is 3.61. The molecule has 0 amide bonds. The van der Waals surface area contributed by atoms with E-state index in [1.165, 1.54) is 6.07 Å². The summed E-state index contributed by atoms with van der Waals surface area (Å²) in [6.07, 6.45) is 0.694. The second-order valence-electron chi connectivity index (χ2n) is 4.59. The van der Waals surface area contributed by atoms with Crippen LogP contribution in [0.3, 0.4) is 0 Å². The molecular weight excluding hydrogens is 280 g/mol. The Balaban J connectivity index is 2.22. The molecule has 1 aliphatic heterocycles. The van der Waals surface area contributed by atoms with Crippen molar-refractivity contribution in [3.8, 4) is 5.75 Å². The van der Waals surface area contributed by atoms with Crippen LogP contribution in [0.25, 0.3) is 0 Å². The van der Waals surface area contributed by atoms with E-state index in [9.17, 15) is 8.42 Å². The average Bonchev–Trinajstić information content (AvgIpc) is 2.91. The van der Waals surface area contributed by atoms with E-state index in [2.05, 4.69) is 4.72 Å². The molecule has 1 aromatic rings. The molecule has 112 valence electrons. The van der Waals surface area contributed by atoms with E-state index in [0.29, 0.717) is 37.6 Å². The first-order valence-corrected chi connectivity index (χ1v) is 8.11. The predicted octanol–water partition coefficient (Wildman–Crippen LogP) is 0.611. The van der Waals surface area contributed by atoms with Crippen molar-refractivity contribution in [1.82, 2.24) is 4.72 Å². The van der Waals surface area contributed by atoms with Crippen LogP contribution >= 0.6 is 0 Å². The molecule has 0 radical (unpaired) electrons. The Morgan fingerprint density at radius 1 is 1.50 bits per heavy atom. The second kappa shape index (κ2) is 6.53. The van der Waals surface area contributed by atoms with Gasteiger partial charge in [-0.3, -0.25) is 0 Å². The van der Waals surface area contributed by atoms with E-state index in [1.807, 2.05) is 6.92 Å². The first-order valence-electron chi connectivity index (χ1n) is 6.62. The molecule has 1 aromatic carbocycles. The molecule has 3 N–H and O–H groups in total. The molecule has 1 unspecified atom stereocenters. The standard InChI is InChI=1S/C13H20N2O4S/c1-2-19-13-4-3-12(7-10(13)8-14)20(16,17)15-11-5-6-18-9-11/h3-4,7,11,15H,2,5-6,8-9,14H2,1H3. The van der Waals surface area contributed by atoms with Gasteiger partial charge < -0.3 is 15.2 Å². The number of nitrogens with two attached hydrogens (primary N) is 1. The maximum atomic E-state index is 12.3. The van der Waals surface area contributed by atoms with Crippen molar-refractivity contribution >= 4 is 10.0 Å². The van der Waals surface area contributed by atoms with Crippen LogP contribution in [0.5, 0.6) is 5.75 Å². The molecule has 2 rings (SSSR count). The minimum atomic E-state index is -3.55. The van der Waals surface area contributed by atoms with Gasteiger partial charge in [0, 0.05) is 24.8 Å². The van der Waals surface area contributed by atoms with Gasteiger partial charge in [0.15, 0.2) is 0 Å². The van der Waals surface area contributed by atoms with Gasteiger partial charge in [-0.1, -0.05) is 0 Å². The summed E-state index contributed by atoms with van der Waals surface area (Å²) < 4.78 is 37.8. The van der Waals surface area contributed by atoms with Gasteiger partial charge in [0.25, 0.3) is 0 Å². The number of benzene rings is 1. The van der Waals surface area contributed by atoms with Crippen LogP contribution < -0.4 is 15.2 Å². The van der Waals surface area contributed by atoms with Gasteiger partial charge in [0.1, 0.15) is 5.75 Å². The molecule has 7 heteroatoms. The Kier molecular flexibility index (Phi) is 4.98. The van der Waals surface area contributed by atoms with Gasteiger partial charge >= 0.3 is 0 Å². The molecule has 0 aliphatic carbocycles. The number of hydrogen-bond donors (Lipinski definition) is 2. The second-order valence-corrected chi connectivity index (χ2v) is 6.30. The molecule has 1 aliphatic rings. The smallest absolute Gasteiger partial charge is 0.240 e. The average molecular weight is 300 g/mol. The number of sulfonamides is 1. The monoisotopic (exact) mass is 300 g/mol. The normalized spacial score (nSPS) is 19.2. The minimum Gasteiger partial charge on any atom is -0.494 e. The van der Waals surface area contributed by atoms with Crippen LogP contribution in [0.15, 0.2) is 23.1 Å². The Bertz CT molecular complexity index is 553. The Morgan fingerprint density at radius 3 is 2.90 bits per heavy atom. The van der Waals surface area contributed by atoms with Crippen LogP contribution in [0.2, 0.25) is 0 Å². The molecule has 1 fully saturated rings. The van der Waals surface area contributed by atoms with E-state index in [1.54, 1.807) is 12.1 Å². The number of rotatable bonds is 6. The van der Waals surface area contributed by atoms with Crippen LogP contribution in [-0.4, -0.2) is 34.3 Å². The molecule has 1 atom stereocenters. The molecule has 20 heavy (non-hydrogen) atoms. The predicted molar refractivity (Wildman–Crippen MR) is 75.0 cm³/mol. The van der Waals surface area contributed by atoms with Gasteiger partial charge in [0.05, 0.1) is 18.1 Å². The number of hydrogen-bond acceptors (Lipinski definition) is 5. The van der Waals surface area contributed by atoms with Crippen LogP contribution in [0.4, 0.5) is 0 Å². The topological polar surface area (TPSA) is 90.7 Å². The third-order valence-corrected chi connectivity index (χ3v) is 4.63. The Hall–Kier alpha value is -1.15. The Labute approximate surface area is 119 Å². The largest absolute Gasteiger partial charge is 0.494 e. The van der Waals surface area contributed by atoms with Gasteiger partial charge in [-0.15, -0.1) is 0 Å². The fourth-order valence-corrected chi connectivity index (χ4v) is 3.40. The third-order valence-electron chi connectivity index (χ3n) is 3.11. The first kappa shape index (κ1) is 15.2. The fraction of sp³-hybridized carbons (Fsp3) is 0.538. The summed E-state index contributed by atoms with van der Waals surface area (Å²) in [6, 6.07) is 4.57. The summed E-state index contributed by atoms with van der Waals surface area (Å²) in [5.41, 5.74) is 6.32. The van der Waals surface area contributed by atoms with Gasteiger partial charge in [-0.2, -0.15) is 0 Å². The van der Waals surface area contributed by atoms with E-state index in [-0.39, 0.29) is 17.5 Å². The van der Waals surface area contributed by atoms with Gasteiger partial charge in [-0.05, 0) is 31.5 Å². The molecular formula is C13H20N2O4S. The van der Waals surface area contributed by atoms with Crippen molar-refractivity contribution in [3.63, 3.8) is 0 Å². The van der Waals surface area contributed by atoms with E-state index >= 15 is 0 Å². The highest BCUT2D eigenvalue weighted by Crippen LogP contribution is 2.23. The lowest BCUT2D eigenvalue weighted by molar-refractivity contribution is 0.192.